The fourth-order valence-corrected chi connectivity index (χ4v) is 7.58. The number of hydrogen-bond acceptors (Lipinski definition) is 2. The van der Waals surface area contributed by atoms with Crippen molar-refractivity contribution < 1.29 is 9.53 Å². The maximum Gasteiger partial charge on any atom is 0.190 e. The number of rotatable bonds is 1. The molecular weight excluding hydrogens is 336 g/mol. The normalized spacial score (nSPS) is 23.5. The molecule has 5 rings (SSSR count). The van der Waals surface area contributed by atoms with Gasteiger partial charge in [-0.25, -0.2) is 0 Å². The number of Topliss-reactive ketones (excluding diaryl/α,β-unsaturated/α-hetero) is 1. The van der Waals surface area contributed by atoms with Gasteiger partial charge >= 0.3 is 0 Å². The Balaban J connectivity index is 1.80. The van der Waals surface area contributed by atoms with Crippen LogP contribution >= 0.6 is 0 Å². The van der Waals surface area contributed by atoms with Crippen LogP contribution in [-0.2, 0) is 0 Å². The van der Waals surface area contributed by atoms with Crippen molar-refractivity contribution in [3.63, 3.8) is 0 Å². The van der Waals surface area contributed by atoms with Crippen molar-refractivity contribution in [3.05, 3.63) is 76.9 Å². The third kappa shape index (κ3) is 2.07. The van der Waals surface area contributed by atoms with Crippen LogP contribution in [0.25, 0.3) is 11.1 Å². The van der Waals surface area contributed by atoms with Crippen molar-refractivity contribution in [2.75, 3.05) is 6.61 Å². The van der Waals surface area contributed by atoms with Gasteiger partial charge in [-0.05, 0) is 34.4 Å². The molecule has 1 heterocycles. The van der Waals surface area contributed by atoms with E-state index < -0.39 is 8.07 Å². The molecule has 0 fully saturated rings. The molecule has 2 aromatic carbocycles. The molecule has 0 bridgehead atoms. The number of para-hydroxylation sites is 1. The Kier molecular flexibility index (Phi) is 3.23. The minimum absolute atomic E-state index is 0.234. The molecule has 26 heavy (non-hydrogen) atoms. The van der Waals surface area contributed by atoms with Crippen molar-refractivity contribution >= 4 is 25.0 Å². The first-order valence-electron chi connectivity index (χ1n) is 9.29. The van der Waals surface area contributed by atoms with E-state index in [0.29, 0.717) is 6.61 Å². The largest absolute Gasteiger partial charge is 0.492 e. The lowest BCUT2D eigenvalue weighted by molar-refractivity contribution is 0.103. The average Bonchev–Trinajstić information content (AvgIpc) is 2.91. The second kappa shape index (κ2) is 5.30. The second-order valence-corrected chi connectivity index (χ2v) is 13.9. The molecule has 2 nitrogen and oxygen atoms in total. The summed E-state index contributed by atoms with van der Waals surface area (Å²) >= 11 is 0. The van der Waals surface area contributed by atoms with Crippen LogP contribution in [0.4, 0.5) is 0 Å². The van der Waals surface area contributed by atoms with Crippen molar-refractivity contribution in [2.45, 2.75) is 25.2 Å². The van der Waals surface area contributed by atoms with Gasteiger partial charge in [-0.2, -0.15) is 0 Å². The third-order valence-corrected chi connectivity index (χ3v) is 8.52. The number of carbonyl (C=O) groups is 1. The van der Waals surface area contributed by atoms with Gasteiger partial charge in [0, 0.05) is 22.6 Å². The van der Waals surface area contributed by atoms with Crippen LogP contribution < -0.4 is 4.74 Å². The minimum Gasteiger partial charge on any atom is -0.492 e. The van der Waals surface area contributed by atoms with Gasteiger partial charge in [0.05, 0.1) is 14.7 Å². The van der Waals surface area contributed by atoms with Crippen molar-refractivity contribution in [1.82, 2.24) is 0 Å². The summed E-state index contributed by atoms with van der Waals surface area (Å²) in [6.07, 6.45) is 2.28. The zero-order chi connectivity index (χ0) is 18.1. The van der Waals surface area contributed by atoms with Gasteiger partial charge in [-0.1, -0.05) is 62.1 Å². The molecule has 2 unspecified atom stereocenters. The predicted octanol–water partition coefficient (Wildman–Crippen LogP) is 5.45. The lowest BCUT2D eigenvalue weighted by Crippen LogP contribution is -2.41. The van der Waals surface area contributed by atoms with Crippen LogP contribution in [0.5, 0.6) is 5.75 Å². The first kappa shape index (κ1) is 15.8. The highest BCUT2D eigenvalue weighted by atomic mass is 28.3. The van der Waals surface area contributed by atoms with E-state index in [-0.39, 0.29) is 17.2 Å². The van der Waals surface area contributed by atoms with E-state index in [9.17, 15) is 4.79 Å². The summed E-state index contributed by atoms with van der Waals surface area (Å²) in [7, 11) is -1.65. The molecule has 0 N–H and O–H groups in total. The van der Waals surface area contributed by atoms with Crippen LogP contribution in [0, 0.1) is 5.92 Å². The summed E-state index contributed by atoms with van der Waals surface area (Å²) in [6, 6.07) is 16.4. The van der Waals surface area contributed by atoms with Crippen molar-refractivity contribution in [2.24, 2.45) is 5.92 Å². The van der Waals surface area contributed by atoms with Crippen LogP contribution in [0.3, 0.4) is 0 Å². The zero-order valence-corrected chi connectivity index (χ0v) is 16.4. The summed E-state index contributed by atoms with van der Waals surface area (Å²) in [6.45, 7) is 7.80. The van der Waals surface area contributed by atoms with E-state index in [1.165, 1.54) is 11.1 Å². The number of fused-ring (bicyclic) bond motifs is 5. The molecule has 0 spiro atoms. The fraction of sp³-hybridized carbons (Fsp3) is 0.261. The molecule has 130 valence electrons. The van der Waals surface area contributed by atoms with Gasteiger partial charge < -0.3 is 4.74 Å². The van der Waals surface area contributed by atoms with E-state index in [4.69, 9.17) is 4.74 Å². The number of allylic oxidation sites excluding steroid dienone is 3. The number of ether oxygens (including phenoxy) is 1. The topological polar surface area (TPSA) is 26.3 Å². The Morgan fingerprint density at radius 2 is 1.58 bits per heavy atom. The quantitative estimate of drug-likeness (QED) is 0.634. The Bertz CT molecular complexity index is 1010. The summed E-state index contributed by atoms with van der Waals surface area (Å²) in [5.41, 5.74) is 6.99. The number of carbonyl (C=O) groups excluding carboxylic acids is 1. The smallest absolute Gasteiger partial charge is 0.190 e. The lowest BCUT2D eigenvalue weighted by Gasteiger charge is -2.43. The van der Waals surface area contributed by atoms with E-state index in [0.717, 1.165) is 28.0 Å². The maximum atomic E-state index is 13.3. The van der Waals surface area contributed by atoms with E-state index in [1.807, 2.05) is 30.3 Å². The molecule has 0 radical (unpaired) electrons. The summed E-state index contributed by atoms with van der Waals surface area (Å²) in [4.78, 5) is 13.3. The van der Waals surface area contributed by atoms with Gasteiger partial charge in [-0.15, -0.1) is 0 Å². The highest BCUT2D eigenvalue weighted by Crippen LogP contribution is 2.56. The van der Waals surface area contributed by atoms with Gasteiger partial charge in [0.15, 0.2) is 5.78 Å². The van der Waals surface area contributed by atoms with Gasteiger partial charge in [-0.3, -0.25) is 4.79 Å². The Labute approximate surface area is 155 Å². The van der Waals surface area contributed by atoms with Gasteiger partial charge in [0.1, 0.15) is 5.75 Å². The number of ketones is 1. The molecule has 0 aromatic heterocycles. The molecule has 1 aliphatic heterocycles. The monoisotopic (exact) mass is 358 g/mol. The molecule has 3 aliphatic rings. The third-order valence-electron chi connectivity index (χ3n) is 5.96. The summed E-state index contributed by atoms with van der Waals surface area (Å²) in [5.74, 6) is 1.47. The van der Waals surface area contributed by atoms with Gasteiger partial charge in [0.25, 0.3) is 0 Å². The number of hydrogen-bond donors (Lipinski definition) is 0. The van der Waals surface area contributed by atoms with E-state index in [2.05, 4.69) is 43.9 Å². The average molecular weight is 359 g/mol. The van der Waals surface area contributed by atoms with Crippen LogP contribution in [0.1, 0.15) is 21.5 Å². The molecule has 0 amide bonds. The SMILES string of the molecule is C[Si](C)(C)C1C2=C(C=C3c4ccccc4OCC31)c1ccccc1C2=O. The predicted molar refractivity (Wildman–Crippen MR) is 108 cm³/mol. The molecule has 3 heteroatoms. The first-order chi connectivity index (χ1) is 12.5. The number of benzene rings is 2. The van der Waals surface area contributed by atoms with Crippen molar-refractivity contribution in [3.8, 4) is 5.75 Å². The molecule has 2 atom stereocenters. The molecular formula is C23H22O2Si. The fourth-order valence-electron chi connectivity index (χ4n) is 4.95. The van der Waals surface area contributed by atoms with Crippen molar-refractivity contribution in [1.29, 1.82) is 0 Å². The van der Waals surface area contributed by atoms with Crippen LogP contribution in [-0.4, -0.2) is 20.5 Å². The van der Waals surface area contributed by atoms with Crippen LogP contribution in [0.2, 0.25) is 25.2 Å². The zero-order valence-electron chi connectivity index (χ0n) is 15.4. The Morgan fingerprint density at radius 1 is 0.923 bits per heavy atom. The summed E-state index contributed by atoms with van der Waals surface area (Å²) < 4.78 is 6.13. The Morgan fingerprint density at radius 3 is 2.31 bits per heavy atom. The first-order valence-corrected chi connectivity index (χ1v) is 12.9. The molecule has 2 aliphatic carbocycles. The Hall–Kier alpha value is -2.39. The van der Waals surface area contributed by atoms with E-state index >= 15 is 0 Å². The molecule has 0 saturated carbocycles. The molecule has 2 aromatic rings. The molecule has 0 saturated heterocycles. The highest BCUT2D eigenvalue weighted by Gasteiger charge is 2.48. The van der Waals surface area contributed by atoms with Crippen LogP contribution in [0.15, 0.2) is 60.2 Å². The maximum absolute atomic E-state index is 13.3. The van der Waals surface area contributed by atoms with Gasteiger partial charge in [0.2, 0.25) is 0 Å². The second-order valence-electron chi connectivity index (χ2n) is 8.56. The van der Waals surface area contributed by atoms with E-state index in [1.54, 1.807) is 0 Å². The summed E-state index contributed by atoms with van der Waals surface area (Å²) in [5, 5.41) is 0. The minimum atomic E-state index is -1.65. The standard InChI is InChI=1S/C23H22O2Si/c1-26(2,3)23-19-13-25-20-11-7-6-9-15(20)17(19)12-18-14-8-4-5-10-16(14)22(24)21(18)23/h4-12,19,23H,13H2,1-3H3. The highest BCUT2D eigenvalue weighted by molar-refractivity contribution is 6.79. The lowest BCUT2D eigenvalue weighted by atomic mass is 9.78.